The van der Waals surface area contributed by atoms with E-state index in [1.165, 1.54) is 11.3 Å². The summed E-state index contributed by atoms with van der Waals surface area (Å²) in [5.74, 6) is 0.421. The lowest BCUT2D eigenvalue weighted by Gasteiger charge is -2.07. The third-order valence-corrected chi connectivity index (χ3v) is 5.15. The summed E-state index contributed by atoms with van der Waals surface area (Å²) >= 11 is 1.31. The SMILES string of the molecule is CCOC(=O)c1sc2nc(-c3ccc(OC)cc3)cc(C)c2c1N=CN(C)C. The number of carbonyl (C=O) groups excluding carboxylic acids is 1. The van der Waals surface area contributed by atoms with E-state index in [0.717, 1.165) is 32.8 Å². The molecule has 0 unspecified atom stereocenters. The molecule has 6 nitrogen and oxygen atoms in total. The van der Waals surface area contributed by atoms with Gasteiger partial charge in [-0.25, -0.2) is 14.8 Å². The second kappa shape index (κ2) is 8.39. The lowest BCUT2D eigenvalue weighted by molar-refractivity contribution is 0.0533. The molecular formula is C21H23N3O3S. The first-order valence-electron chi connectivity index (χ1n) is 8.91. The molecule has 2 aromatic heterocycles. The largest absolute Gasteiger partial charge is 0.497 e. The number of pyridine rings is 1. The molecule has 3 rings (SSSR count). The van der Waals surface area contributed by atoms with Gasteiger partial charge in [-0.1, -0.05) is 0 Å². The Kier molecular flexibility index (Phi) is 5.94. The van der Waals surface area contributed by atoms with Crippen molar-refractivity contribution < 1.29 is 14.3 Å². The number of carbonyl (C=O) groups is 1. The second-order valence-corrected chi connectivity index (χ2v) is 7.44. The van der Waals surface area contributed by atoms with Crippen LogP contribution in [0.5, 0.6) is 5.75 Å². The Labute approximate surface area is 168 Å². The highest BCUT2D eigenvalue weighted by molar-refractivity contribution is 7.21. The van der Waals surface area contributed by atoms with Crippen molar-refractivity contribution in [2.24, 2.45) is 4.99 Å². The van der Waals surface area contributed by atoms with Crippen LogP contribution in [-0.4, -0.2) is 50.0 Å². The molecule has 0 radical (unpaired) electrons. The lowest BCUT2D eigenvalue weighted by Crippen LogP contribution is -2.07. The van der Waals surface area contributed by atoms with Crippen LogP contribution in [0.4, 0.5) is 5.69 Å². The number of methoxy groups -OCH3 is 1. The summed E-state index contributed by atoms with van der Waals surface area (Å²) in [6.45, 7) is 4.11. The van der Waals surface area contributed by atoms with Crippen LogP contribution in [-0.2, 0) is 4.74 Å². The van der Waals surface area contributed by atoms with Crippen molar-refractivity contribution in [1.29, 1.82) is 0 Å². The maximum atomic E-state index is 12.5. The molecule has 28 heavy (non-hydrogen) atoms. The van der Waals surface area contributed by atoms with Crippen molar-refractivity contribution in [2.45, 2.75) is 13.8 Å². The third kappa shape index (κ3) is 3.99. The highest BCUT2D eigenvalue weighted by atomic mass is 32.1. The van der Waals surface area contributed by atoms with E-state index in [1.54, 1.807) is 20.4 Å². The number of ether oxygens (including phenoxy) is 2. The Bertz CT molecular complexity index is 1020. The number of nitrogens with zero attached hydrogens (tertiary/aromatic N) is 3. The number of esters is 1. The average Bonchev–Trinajstić information content (AvgIpc) is 3.06. The summed E-state index contributed by atoms with van der Waals surface area (Å²) in [7, 11) is 5.41. The molecule has 0 amide bonds. The van der Waals surface area contributed by atoms with Crippen LogP contribution >= 0.6 is 11.3 Å². The zero-order valence-electron chi connectivity index (χ0n) is 16.6. The smallest absolute Gasteiger partial charge is 0.350 e. The fraction of sp³-hybridized carbons (Fsp3) is 0.286. The van der Waals surface area contributed by atoms with Crippen molar-refractivity contribution in [3.63, 3.8) is 0 Å². The highest BCUT2D eigenvalue weighted by Crippen LogP contribution is 2.40. The number of hydrogen-bond donors (Lipinski definition) is 0. The maximum Gasteiger partial charge on any atom is 0.350 e. The molecule has 3 aromatic rings. The summed E-state index contributed by atoms with van der Waals surface area (Å²) in [5.41, 5.74) is 3.44. The molecule has 0 saturated carbocycles. The van der Waals surface area contributed by atoms with E-state index in [1.807, 2.05) is 56.3 Å². The normalized spacial score (nSPS) is 11.2. The number of thiophene rings is 1. The van der Waals surface area contributed by atoms with E-state index in [-0.39, 0.29) is 5.97 Å². The minimum atomic E-state index is -0.373. The summed E-state index contributed by atoms with van der Waals surface area (Å²) in [6, 6.07) is 9.76. The van der Waals surface area contributed by atoms with Gasteiger partial charge in [-0.3, -0.25) is 0 Å². The molecule has 7 heteroatoms. The van der Waals surface area contributed by atoms with Gasteiger partial charge in [0, 0.05) is 25.0 Å². The molecular weight excluding hydrogens is 374 g/mol. The van der Waals surface area contributed by atoms with Crippen molar-refractivity contribution in [3.05, 3.63) is 40.8 Å². The highest BCUT2D eigenvalue weighted by Gasteiger charge is 2.22. The number of fused-ring (bicyclic) bond motifs is 1. The molecule has 0 N–H and O–H groups in total. The van der Waals surface area contributed by atoms with Crippen LogP contribution in [0.1, 0.15) is 22.2 Å². The molecule has 0 atom stereocenters. The number of aromatic nitrogens is 1. The Hall–Kier alpha value is -2.93. The Morgan fingerprint density at radius 2 is 2.00 bits per heavy atom. The standard InChI is InChI=1S/C21H23N3O3S/c1-6-27-21(25)19-18(22-12-24(3)4)17-13(2)11-16(23-20(17)28-19)14-7-9-15(26-5)10-8-14/h7-12H,6H2,1-5H3. The van der Waals surface area contributed by atoms with E-state index in [2.05, 4.69) is 4.99 Å². The van der Waals surface area contributed by atoms with Crippen LogP contribution in [0, 0.1) is 6.92 Å². The first-order chi connectivity index (χ1) is 13.4. The zero-order chi connectivity index (χ0) is 20.3. The summed E-state index contributed by atoms with van der Waals surface area (Å²) in [4.78, 5) is 24.9. The molecule has 0 saturated heterocycles. The first-order valence-corrected chi connectivity index (χ1v) is 9.72. The van der Waals surface area contributed by atoms with E-state index >= 15 is 0 Å². The molecule has 0 spiro atoms. The van der Waals surface area contributed by atoms with Gasteiger partial charge < -0.3 is 14.4 Å². The van der Waals surface area contributed by atoms with Gasteiger partial charge in [0.05, 0.1) is 31.4 Å². The molecule has 2 heterocycles. The first kappa shape index (κ1) is 19.8. The van der Waals surface area contributed by atoms with E-state index in [0.29, 0.717) is 17.2 Å². The predicted octanol–water partition coefficient (Wildman–Crippen LogP) is 4.68. The Morgan fingerprint density at radius 3 is 2.61 bits per heavy atom. The number of aliphatic imine (C=N–C) groups is 1. The fourth-order valence-electron chi connectivity index (χ4n) is 2.80. The number of benzene rings is 1. The van der Waals surface area contributed by atoms with Crippen LogP contribution in [0.15, 0.2) is 35.3 Å². The number of aryl methyl sites for hydroxylation is 1. The second-order valence-electron chi connectivity index (χ2n) is 6.44. The van der Waals surface area contributed by atoms with Crippen LogP contribution in [0.2, 0.25) is 0 Å². The molecule has 0 fully saturated rings. The molecule has 0 aliphatic carbocycles. The average molecular weight is 398 g/mol. The minimum Gasteiger partial charge on any atom is -0.497 e. The van der Waals surface area contributed by atoms with Crippen molar-refractivity contribution >= 4 is 39.5 Å². The fourth-order valence-corrected chi connectivity index (χ4v) is 3.90. The van der Waals surface area contributed by atoms with E-state index < -0.39 is 0 Å². The number of hydrogen-bond acceptors (Lipinski definition) is 6. The summed E-state index contributed by atoms with van der Waals surface area (Å²) in [6.07, 6.45) is 1.68. The van der Waals surface area contributed by atoms with Gasteiger partial charge in [0.15, 0.2) is 0 Å². The molecule has 0 bridgehead atoms. The van der Waals surface area contributed by atoms with Gasteiger partial charge in [-0.05, 0) is 49.7 Å². The van der Waals surface area contributed by atoms with Gasteiger partial charge in [0.1, 0.15) is 15.5 Å². The molecule has 146 valence electrons. The topological polar surface area (TPSA) is 64.0 Å². The summed E-state index contributed by atoms with van der Waals surface area (Å²) in [5, 5.41) is 0.878. The van der Waals surface area contributed by atoms with Gasteiger partial charge in [0.2, 0.25) is 0 Å². The summed E-state index contributed by atoms with van der Waals surface area (Å²) < 4.78 is 10.5. The monoisotopic (exact) mass is 397 g/mol. The maximum absolute atomic E-state index is 12.5. The van der Waals surface area contributed by atoms with Gasteiger partial charge in [-0.15, -0.1) is 11.3 Å². The third-order valence-electron chi connectivity index (χ3n) is 4.10. The van der Waals surface area contributed by atoms with Gasteiger partial charge in [0.25, 0.3) is 0 Å². The zero-order valence-corrected chi connectivity index (χ0v) is 17.5. The van der Waals surface area contributed by atoms with Gasteiger partial charge >= 0.3 is 5.97 Å². The minimum absolute atomic E-state index is 0.313. The molecule has 0 aliphatic rings. The van der Waals surface area contributed by atoms with E-state index in [9.17, 15) is 4.79 Å². The van der Waals surface area contributed by atoms with Gasteiger partial charge in [-0.2, -0.15) is 0 Å². The number of rotatable bonds is 6. The van der Waals surface area contributed by atoms with Crippen molar-refractivity contribution in [1.82, 2.24) is 9.88 Å². The Balaban J connectivity index is 2.17. The van der Waals surface area contributed by atoms with Crippen molar-refractivity contribution in [2.75, 3.05) is 27.8 Å². The van der Waals surface area contributed by atoms with Crippen LogP contribution < -0.4 is 4.74 Å². The molecule has 0 aliphatic heterocycles. The Morgan fingerprint density at radius 1 is 1.29 bits per heavy atom. The quantitative estimate of drug-likeness (QED) is 0.343. The van der Waals surface area contributed by atoms with Crippen LogP contribution in [0.3, 0.4) is 0 Å². The lowest BCUT2D eigenvalue weighted by atomic mass is 10.1. The van der Waals surface area contributed by atoms with Crippen molar-refractivity contribution in [3.8, 4) is 17.0 Å². The van der Waals surface area contributed by atoms with E-state index in [4.69, 9.17) is 14.5 Å². The molecule has 1 aromatic carbocycles. The van der Waals surface area contributed by atoms with Crippen LogP contribution in [0.25, 0.3) is 21.5 Å². The predicted molar refractivity (Wildman–Crippen MR) is 114 cm³/mol.